The average Bonchev–Trinajstić information content (AvgIpc) is 2.74. The van der Waals surface area contributed by atoms with Crippen LogP contribution in [0.3, 0.4) is 0 Å². The van der Waals surface area contributed by atoms with E-state index in [4.69, 9.17) is 21.1 Å². The van der Waals surface area contributed by atoms with Crippen LogP contribution < -0.4 is 19.7 Å². The molecule has 1 aliphatic rings. The Bertz CT molecular complexity index is 924. The molecular weight excluding hydrogens is 402 g/mol. The number of allylic oxidation sites excluding steroid dienone is 1. The van der Waals surface area contributed by atoms with Crippen LogP contribution in [0, 0.1) is 0 Å². The summed E-state index contributed by atoms with van der Waals surface area (Å²) >= 11 is 6.24. The molecule has 2 aromatic rings. The van der Waals surface area contributed by atoms with E-state index in [0.29, 0.717) is 34.2 Å². The van der Waals surface area contributed by atoms with Gasteiger partial charge < -0.3 is 24.6 Å². The molecular formula is C23H28ClN3O3. The lowest BCUT2D eigenvalue weighted by atomic mass is 10.0. The molecule has 0 atom stereocenters. The molecule has 0 aromatic heterocycles. The highest BCUT2D eigenvalue weighted by Gasteiger charge is 2.20. The smallest absolute Gasteiger partial charge is 0.255 e. The van der Waals surface area contributed by atoms with Crippen molar-refractivity contribution in [1.82, 2.24) is 4.90 Å². The number of carbonyl (C=O) groups excluding carboxylic acids is 1. The molecule has 0 unspecified atom stereocenters. The first kappa shape index (κ1) is 22.0. The third-order valence-corrected chi connectivity index (χ3v) is 5.47. The minimum atomic E-state index is -0.237. The Kier molecular flexibility index (Phi) is 7.24. The SMILES string of the molecule is C=CCc1cc(C(=O)Nc2cc(Cl)ccc2N2CCN(C)CC2)cc(OC)c1OC. The quantitative estimate of drug-likeness (QED) is 0.672. The third-order valence-electron chi connectivity index (χ3n) is 5.23. The number of hydrogen-bond donors (Lipinski definition) is 1. The maximum atomic E-state index is 13.1. The van der Waals surface area contributed by atoms with Crippen LogP contribution in [-0.2, 0) is 6.42 Å². The van der Waals surface area contributed by atoms with Crippen molar-refractivity contribution in [2.24, 2.45) is 0 Å². The lowest BCUT2D eigenvalue weighted by Gasteiger charge is -2.35. The molecule has 0 saturated carbocycles. The van der Waals surface area contributed by atoms with E-state index in [9.17, 15) is 4.79 Å². The van der Waals surface area contributed by atoms with Crippen molar-refractivity contribution in [2.45, 2.75) is 6.42 Å². The van der Waals surface area contributed by atoms with E-state index >= 15 is 0 Å². The Labute approximate surface area is 183 Å². The first-order valence-corrected chi connectivity index (χ1v) is 10.2. The number of methoxy groups -OCH3 is 2. The first-order valence-electron chi connectivity index (χ1n) is 9.87. The minimum absolute atomic E-state index is 0.237. The van der Waals surface area contributed by atoms with Crippen LogP contribution in [0.25, 0.3) is 0 Å². The fourth-order valence-corrected chi connectivity index (χ4v) is 3.78. The number of anilines is 2. The predicted molar refractivity (Wildman–Crippen MR) is 123 cm³/mol. The van der Waals surface area contributed by atoms with E-state index in [0.717, 1.165) is 37.4 Å². The second kappa shape index (κ2) is 9.87. The number of nitrogens with one attached hydrogen (secondary N) is 1. The van der Waals surface area contributed by atoms with Gasteiger partial charge in [0.05, 0.1) is 25.6 Å². The number of carbonyl (C=O) groups is 1. The molecule has 30 heavy (non-hydrogen) atoms. The minimum Gasteiger partial charge on any atom is -0.493 e. The van der Waals surface area contributed by atoms with E-state index in [1.165, 1.54) is 0 Å². The second-order valence-corrected chi connectivity index (χ2v) is 7.71. The van der Waals surface area contributed by atoms with Gasteiger partial charge in [-0.25, -0.2) is 0 Å². The number of rotatable bonds is 7. The van der Waals surface area contributed by atoms with Crippen molar-refractivity contribution in [3.05, 3.63) is 59.1 Å². The monoisotopic (exact) mass is 429 g/mol. The lowest BCUT2D eigenvalue weighted by Crippen LogP contribution is -2.44. The van der Waals surface area contributed by atoms with Crippen molar-refractivity contribution in [2.75, 3.05) is 57.7 Å². The number of halogens is 1. The molecule has 3 rings (SSSR count). The molecule has 1 fully saturated rings. The summed E-state index contributed by atoms with van der Waals surface area (Å²) in [5.74, 6) is 0.876. The van der Waals surface area contributed by atoms with Gasteiger partial charge >= 0.3 is 0 Å². The summed E-state index contributed by atoms with van der Waals surface area (Å²) < 4.78 is 10.9. The Hall–Kier alpha value is -2.70. The number of likely N-dealkylation sites (N-methyl/N-ethyl adjacent to an activating group) is 1. The fourth-order valence-electron chi connectivity index (χ4n) is 3.61. The summed E-state index contributed by atoms with van der Waals surface area (Å²) in [7, 11) is 5.25. The molecule has 2 aromatic carbocycles. The predicted octanol–water partition coefficient (Wildman–Crippen LogP) is 4.09. The molecule has 1 amide bonds. The molecule has 1 N–H and O–H groups in total. The van der Waals surface area contributed by atoms with Crippen LogP contribution in [-0.4, -0.2) is 58.3 Å². The van der Waals surface area contributed by atoms with Gasteiger partial charge in [-0.1, -0.05) is 17.7 Å². The van der Waals surface area contributed by atoms with Gasteiger partial charge in [0.25, 0.3) is 5.91 Å². The second-order valence-electron chi connectivity index (χ2n) is 7.27. The van der Waals surface area contributed by atoms with Crippen LogP contribution >= 0.6 is 11.6 Å². The average molecular weight is 430 g/mol. The summed E-state index contributed by atoms with van der Waals surface area (Å²) in [6.45, 7) is 7.50. The molecule has 1 aliphatic heterocycles. The van der Waals surface area contributed by atoms with E-state index in [1.807, 2.05) is 12.1 Å². The molecule has 0 aliphatic carbocycles. The number of benzene rings is 2. The molecule has 0 bridgehead atoms. The van der Waals surface area contributed by atoms with Crippen molar-refractivity contribution in [3.8, 4) is 11.5 Å². The Morgan fingerprint density at radius 3 is 2.53 bits per heavy atom. The van der Waals surface area contributed by atoms with Gasteiger partial charge in [0.15, 0.2) is 11.5 Å². The lowest BCUT2D eigenvalue weighted by molar-refractivity contribution is 0.102. The van der Waals surface area contributed by atoms with Crippen molar-refractivity contribution in [1.29, 1.82) is 0 Å². The summed E-state index contributed by atoms with van der Waals surface area (Å²) in [4.78, 5) is 17.7. The van der Waals surface area contributed by atoms with Gasteiger partial charge in [-0.3, -0.25) is 4.79 Å². The van der Waals surface area contributed by atoms with E-state index in [1.54, 1.807) is 38.5 Å². The zero-order valence-electron chi connectivity index (χ0n) is 17.7. The van der Waals surface area contributed by atoms with Gasteiger partial charge in [0, 0.05) is 42.3 Å². The molecule has 7 heteroatoms. The van der Waals surface area contributed by atoms with Gasteiger partial charge in [-0.15, -0.1) is 6.58 Å². The number of piperazine rings is 1. The third kappa shape index (κ3) is 4.89. The highest BCUT2D eigenvalue weighted by Crippen LogP contribution is 2.34. The topological polar surface area (TPSA) is 54.0 Å². The van der Waals surface area contributed by atoms with E-state index in [-0.39, 0.29) is 5.91 Å². The molecule has 0 radical (unpaired) electrons. The number of amides is 1. The van der Waals surface area contributed by atoms with E-state index in [2.05, 4.69) is 28.7 Å². The van der Waals surface area contributed by atoms with Gasteiger partial charge in [-0.2, -0.15) is 0 Å². The standard InChI is InChI=1S/C23H28ClN3O3/c1-5-6-16-13-17(14-21(29-3)22(16)30-4)23(28)25-19-15-18(24)7-8-20(19)27-11-9-26(2)10-12-27/h5,7-8,13-15H,1,6,9-12H2,2-4H3,(H,25,28). The Morgan fingerprint density at radius 2 is 1.90 bits per heavy atom. The summed E-state index contributed by atoms with van der Waals surface area (Å²) in [5.41, 5.74) is 2.97. The summed E-state index contributed by atoms with van der Waals surface area (Å²) in [5, 5.41) is 3.61. The highest BCUT2D eigenvalue weighted by molar-refractivity contribution is 6.31. The number of hydrogen-bond acceptors (Lipinski definition) is 5. The van der Waals surface area contributed by atoms with Crippen molar-refractivity contribution < 1.29 is 14.3 Å². The first-order chi connectivity index (χ1) is 14.5. The number of ether oxygens (including phenoxy) is 2. The summed E-state index contributed by atoms with van der Waals surface area (Å²) in [6.07, 6.45) is 2.33. The molecule has 0 spiro atoms. The van der Waals surface area contributed by atoms with Gasteiger partial charge in [-0.05, 0) is 43.8 Å². The van der Waals surface area contributed by atoms with Crippen molar-refractivity contribution in [3.63, 3.8) is 0 Å². The van der Waals surface area contributed by atoms with Crippen LogP contribution in [0.2, 0.25) is 5.02 Å². The molecule has 160 valence electrons. The zero-order chi connectivity index (χ0) is 21.7. The zero-order valence-corrected chi connectivity index (χ0v) is 18.5. The van der Waals surface area contributed by atoms with Gasteiger partial charge in [0.2, 0.25) is 0 Å². The Balaban J connectivity index is 1.91. The maximum Gasteiger partial charge on any atom is 0.255 e. The van der Waals surface area contributed by atoms with Crippen LogP contribution in [0.15, 0.2) is 43.0 Å². The van der Waals surface area contributed by atoms with Gasteiger partial charge in [0.1, 0.15) is 0 Å². The molecule has 1 saturated heterocycles. The highest BCUT2D eigenvalue weighted by atomic mass is 35.5. The number of nitrogens with zero attached hydrogens (tertiary/aromatic N) is 2. The molecule has 1 heterocycles. The maximum absolute atomic E-state index is 13.1. The van der Waals surface area contributed by atoms with E-state index < -0.39 is 0 Å². The normalized spacial score (nSPS) is 14.3. The fraction of sp³-hybridized carbons (Fsp3) is 0.348. The molecule has 6 nitrogen and oxygen atoms in total. The Morgan fingerprint density at radius 1 is 1.17 bits per heavy atom. The van der Waals surface area contributed by atoms with Crippen LogP contribution in [0.4, 0.5) is 11.4 Å². The van der Waals surface area contributed by atoms with Crippen LogP contribution in [0.1, 0.15) is 15.9 Å². The largest absolute Gasteiger partial charge is 0.493 e. The van der Waals surface area contributed by atoms with Crippen molar-refractivity contribution >= 4 is 28.9 Å². The van der Waals surface area contributed by atoms with Crippen LogP contribution in [0.5, 0.6) is 11.5 Å². The summed E-state index contributed by atoms with van der Waals surface area (Å²) in [6, 6.07) is 9.09.